The molecule has 6 heteroatoms. The van der Waals surface area contributed by atoms with E-state index in [9.17, 15) is 4.79 Å². The molecule has 2 aromatic heterocycles. The molecule has 0 aliphatic heterocycles. The number of carbonyl (C=O) groups excluding carboxylic acids is 1. The van der Waals surface area contributed by atoms with Gasteiger partial charge in [0.05, 0.1) is 20.0 Å². The van der Waals surface area contributed by atoms with Gasteiger partial charge in [0, 0.05) is 34.3 Å². The minimum Gasteiger partial charge on any atom is -0.497 e. The van der Waals surface area contributed by atoms with Gasteiger partial charge in [-0.1, -0.05) is 18.2 Å². The van der Waals surface area contributed by atoms with E-state index in [2.05, 4.69) is 10.3 Å². The van der Waals surface area contributed by atoms with Crippen LogP contribution in [0.15, 0.2) is 65.4 Å². The summed E-state index contributed by atoms with van der Waals surface area (Å²) in [6.07, 6.45) is 5.04. The van der Waals surface area contributed by atoms with E-state index in [1.54, 1.807) is 31.7 Å². The number of aryl methyl sites for hydroxylation is 2. The Morgan fingerprint density at radius 2 is 1.91 bits per heavy atom. The number of hydrogen-bond acceptors (Lipinski definition) is 5. The summed E-state index contributed by atoms with van der Waals surface area (Å²) in [5.74, 6) is 1.75. The van der Waals surface area contributed by atoms with Crippen molar-refractivity contribution < 1.29 is 18.7 Å². The number of amides is 1. The smallest absolute Gasteiger partial charge is 0.249 e. The lowest BCUT2D eigenvalue weighted by Crippen LogP contribution is -2.10. The summed E-state index contributed by atoms with van der Waals surface area (Å²) in [5.41, 5.74) is 6.28. The van der Waals surface area contributed by atoms with Crippen LogP contribution in [0.25, 0.3) is 27.7 Å². The largest absolute Gasteiger partial charge is 0.497 e. The molecule has 4 aromatic rings. The molecule has 0 unspecified atom stereocenters. The van der Waals surface area contributed by atoms with E-state index in [1.807, 2.05) is 64.1 Å². The van der Waals surface area contributed by atoms with Crippen molar-refractivity contribution in [3.05, 3.63) is 77.7 Å². The van der Waals surface area contributed by atoms with Crippen LogP contribution in [0, 0.1) is 13.8 Å². The first-order valence-electron chi connectivity index (χ1n) is 11.2. The predicted octanol–water partition coefficient (Wildman–Crippen LogP) is 6.56. The number of furan rings is 1. The molecule has 0 radical (unpaired) electrons. The maximum Gasteiger partial charge on any atom is 0.249 e. The molecule has 1 amide bonds. The Morgan fingerprint density at radius 1 is 1.15 bits per heavy atom. The fraction of sp³-hybridized carbons (Fsp3) is 0.214. The summed E-state index contributed by atoms with van der Waals surface area (Å²) in [7, 11) is 1.65. The summed E-state index contributed by atoms with van der Waals surface area (Å²) < 4.78 is 17.2. The highest BCUT2D eigenvalue weighted by Gasteiger charge is 2.19. The van der Waals surface area contributed by atoms with E-state index in [0.717, 1.165) is 50.1 Å². The Hall–Kier alpha value is -4.06. The van der Waals surface area contributed by atoms with Crippen molar-refractivity contribution in [2.75, 3.05) is 19.0 Å². The van der Waals surface area contributed by atoms with Crippen molar-refractivity contribution in [1.29, 1.82) is 0 Å². The van der Waals surface area contributed by atoms with Crippen LogP contribution in [-0.4, -0.2) is 24.6 Å². The number of nitrogens with one attached hydrogen (secondary N) is 1. The van der Waals surface area contributed by atoms with Crippen LogP contribution < -0.4 is 14.8 Å². The second-order valence-electron chi connectivity index (χ2n) is 8.10. The summed E-state index contributed by atoms with van der Waals surface area (Å²) >= 11 is 0. The van der Waals surface area contributed by atoms with Crippen LogP contribution in [0.3, 0.4) is 0 Å². The lowest BCUT2D eigenvalue weighted by atomic mass is 9.96. The van der Waals surface area contributed by atoms with E-state index in [4.69, 9.17) is 13.9 Å². The second-order valence-corrected chi connectivity index (χ2v) is 8.10. The topological polar surface area (TPSA) is 73.6 Å². The van der Waals surface area contributed by atoms with E-state index >= 15 is 0 Å². The van der Waals surface area contributed by atoms with Gasteiger partial charge in [-0.2, -0.15) is 0 Å². The molecular weight excluding hydrogens is 428 g/mol. The number of aromatic nitrogens is 1. The number of allylic oxidation sites excluding steroid dienone is 1. The number of carbonyl (C=O) groups is 1. The SMILES string of the molecule is CCOc1c(/C(C)=C/C(=O)Nc2ccc(C)cn2)cc2c(-c3ccc(OC)cc3)coc2c1C. The molecule has 1 N–H and O–H groups in total. The number of ether oxygens (including phenoxy) is 2. The van der Waals surface area contributed by atoms with Crippen LogP contribution in [0.4, 0.5) is 5.82 Å². The van der Waals surface area contributed by atoms with Crippen molar-refractivity contribution in [1.82, 2.24) is 4.98 Å². The third kappa shape index (κ3) is 4.66. The first-order chi connectivity index (χ1) is 16.4. The summed E-state index contributed by atoms with van der Waals surface area (Å²) in [6, 6.07) is 13.6. The number of nitrogens with zero attached hydrogens (tertiary/aromatic N) is 1. The molecule has 2 heterocycles. The number of benzene rings is 2. The van der Waals surface area contributed by atoms with Gasteiger partial charge in [-0.3, -0.25) is 4.79 Å². The third-order valence-corrected chi connectivity index (χ3v) is 5.67. The zero-order valence-electron chi connectivity index (χ0n) is 20.1. The monoisotopic (exact) mass is 456 g/mol. The van der Waals surface area contributed by atoms with Gasteiger partial charge >= 0.3 is 0 Å². The summed E-state index contributed by atoms with van der Waals surface area (Å²) in [4.78, 5) is 16.9. The first-order valence-corrected chi connectivity index (χ1v) is 11.2. The van der Waals surface area contributed by atoms with Gasteiger partial charge in [0.25, 0.3) is 0 Å². The first kappa shape index (κ1) is 23.1. The molecule has 174 valence electrons. The molecular formula is C28H28N2O4. The van der Waals surface area contributed by atoms with Gasteiger partial charge in [0.15, 0.2) is 0 Å². The lowest BCUT2D eigenvalue weighted by molar-refractivity contribution is -0.111. The number of hydrogen-bond donors (Lipinski definition) is 1. The number of rotatable bonds is 7. The Labute approximate surface area is 199 Å². The third-order valence-electron chi connectivity index (χ3n) is 5.67. The van der Waals surface area contributed by atoms with Crippen LogP contribution in [-0.2, 0) is 4.79 Å². The van der Waals surface area contributed by atoms with Gasteiger partial charge in [-0.25, -0.2) is 4.98 Å². The maximum atomic E-state index is 12.7. The molecule has 0 fully saturated rings. The number of anilines is 1. The quantitative estimate of drug-likeness (QED) is 0.319. The van der Waals surface area contributed by atoms with Gasteiger partial charge in [-0.05, 0) is 68.7 Å². The standard InChI is InChI=1S/C28H28N2O4/c1-6-33-27-19(4)28-23(24(16-34-28)20-8-10-21(32-5)11-9-20)14-22(27)18(3)13-26(31)30-25-12-7-17(2)15-29-25/h7-16H,6H2,1-5H3,(H,29,30,31)/b18-13+. The molecule has 0 bridgehead atoms. The number of fused-ring (bicyclic) bond motifs is 1. The van der Waals surface area contributed by atoms with E-state index in [0.29, 0.717) is 18.2 Å². The minimum atomic E-state index is -0.253. The van der Waals surface area contributed by atoms with E-state index in [-0.39, 0.29) is 5.91 Å². The zero-order valence-corrected chi connectivity index (χ0v) is 20.1. The predicted molar refractivity (Wildman–Crippen MR) is 135 cm³/mol. The van der Waals surface area contributed by atoms with Gasteiger partial charge in [0.2, 0.25) is 5.91 Å². The van der Waals surface area contributed by atoms with Gasteiger partial charge in [-0.15, -0.1) is 0 Å². The Bertz CT molecular complexity index is 1350. The normalized spacial score (nSPS) is 11.5. The van der Waals surface area contributed by atoms with Crippen molar-refractivity contribution in [3.8, 4) is 22.6 Å². The van der Waals surface area contributed by atoms with Crippen molar-refractivity contribution in [3.63, 3.8) is 0 Å². The molecule has 0 aliphatic rings. The maximum absolute atomic E-state index is 12.7. The molecule has 0 saturated carbocycles. The summed E-state index contributed by atoms with van der Waals surface area (Å²) in [6.45, 7) is 8.26. The Kier molecular flexibility index (Phi) is 6.68. The molecule has 0 spiro atoms. The highest BCUT2D eigenvalue weighted by Crippen LogP contribution is 2.41. The van der Waals surface area contributed by atoms with Gasteiger partial charge in [0.1, 0.15) is 22.9 Å². The molecule has 4 rings (SSSR count). The minimum absolute atomic E-state index is 0.253. The number of pyridine rings is 1. The molecule has 34 heavy (non-hydrogen) atoms. The van der Waals surface area contributed by atoms with Crippen LogP contribution >= 0.6 is 0 Å². The lowest BCUT2D eigenvalue weighted by Gasteiger charge is -2.15. The van der Waals surface area contributed by atoms with Crippen LogP contribution in [0.2, 0.25) is 0 Å². The average Bonchev–Trinajstić information content (AvgIpc) is 3.26. The number of methoxy groups -OCH3 is 1. The molecule has 0 atom stereocenters. The Balaban J connectivity index is 1.76. The molecule has 0 aliphatic carbocycles. The van der Waals surface area contributed by atoms with Crippen LogP contribution in [0.5, 0.6) is 11.5 Å². The molecule has 6 nitrogen and oxygen atoms in total. The van der Waals surface area contributed by atoms with E-state index in [1.165, 1.54) is 0 Å². The fourth-order valence-corrected chi connectivity index (χ4v) is 3.91. The van der Waals surface area contributed by atoms with Crippen LogP contribution in [0.1, 0.15) is 30.5 Å². The van der Waals surface area contributed by atoms with Crippen molar-refractivity contribution in [2.45, 2.75) is 27.7 Å². The Morgan fingerprint density at radius 3 is 2.56 bits per heavy atom. The molecule has 0 saturated heterocycles. The highest BCUT2D eigenvalue weighted by molar-refractivity contribution is 6.05. The fourth-order valence-electron chi connectivity index (χ4n) is 3.91. The van der Waals surface area contributed by atoms with Gasteiger partial charge < -0.3 is 19.2 Å². The average molecular weight is 457 g/mol. The van der Waals surface area contributed by atoms with Crippen molar-refractivity contribution >= 4 is 28.3 Å². The second kappa shape index (κ2) is 9.83. The zero-order chi connectivity index (χ0) is 24.2. The summed E-state index contributed by atoms with van der Waals surface area (Å²) in [5, 5.41) is 3.77. The highest BCUT2D eigenvalue weighted by atomic mass is 16.5. The molecule has 2 aromatic carbocycles. The van der Waals surface area contributed by atoms with Crippen molar-refractivity contribution in [2.24, 2.45) is 0 Å². The van der Waals surface area contributed by atoms with E-state index < -0.39 is 0 Å².